The lowest BCUT2D eigenvalue weighted by molar-refractivity contribution is 0.0949. The van der Waals surface area contributed by atoms with Gasteiger partial charge in [0, 0.05) is 33.6 Å². The van der Waals surface area contributed by atoms with E-state index in [2.05, 4.69) is 29.9 Å². The minimum atomic E-state index is -4.13. The minimum absolute atomic E-state index is 0.0959. The van der Waals surface area contributed by atoms with E-state index in [1.807, 2.05) is 38.1 Å². The Morgan fingerprint density at radius 2 is 1.57 bits per heavy atom. The average Bonchev–Trinajstić information content (AvgIpc) is 3.36. The van der Waals surface area contributed by atoms with E-state index in [1.54, 1.807) is 36.7 Å². The molecule has 0 aliphatic rings. The lowest BCUT2D eigenvalue weighted by Crippen LogP contribution is -2.33. The summed E-state index contributed by atoms with van der Waals surface area (Å²) in [6, 6.07) is 10.6. The monoisotopic (exact) mass is 568 g/mol. The predicted octanol–water partition coefficient (Wildman–Crippen LogP) is 3.03. The van der Waals surface area contributed by atoms with Gasteiger partial charge in [0.2, 0.25) is 16.0 Å². The first kappa shape index (κ1) is 28.7. The smallest absolute Gasteiger partial charge is 0.243 e. The number of rotatable bonds is 11. The van der Waals surface area contributed by atoms with Crippen molar-refractivity contribution in [3.8, 4) is 28.7 Å². The van der Waals surface area contributed by atoms with Crippen molar-refractivity contribution >= 4 is 21.8 Å². The second-order valence-electron chi connectivity index (χ2n) is 9.10. The molecule has 0 bridgehead atoms. The van der Waals surface area contributed by atoms with Gasteiger partial charge in [-0.3, -0.25) is 9.29 Å². The molecule has 0 radical (unpaired) electrons. The summed E-state index contributed by atoms with van der Waals surface area (Å²) in [6.07, 6.45) is 2.26. The van der Waals surface area contributed by atoms with Crippen LogP contribution in [-0.4, -0.2) is 78.8 Å². The van der Waals surface area contributed by atoms with Crippen LogP contribution in [0.3, 0.4) is 0 Å². The molecule has 14 heteroatoms. The quantitative estimate of drug-likeness (QED) is 0.285. The highest BCUT2D eigenvalue weighted by molar-refractivity contribution is 7.93. The number of hydrogen-bond donors (Lipinski definition) is 1. The summed E-state index contributed by atoms with van der Waals surface area (Å²) in [7, 11) is 4.01. The topological polar surface area (TPSA) is 146 Å². The molecule has 4 rings (SSSR count). The number of sulfonamides is 1. The zero-order valence-corrected chi connectivity index (χ0v) is 24.2. The van der Waals surface area contributed by atoms with Crippen molar-refractivity contribution in [3.63, 3.8) is 0 Å². The van der Waals surface area contributed by atoms with Gasteiger partial charge in [0.25, 0.3) is 0 Å². The molecule has 40 heavy (non-hydrogen) atoms. The zero-order valence-electron chi connectivity index (χ0n) is 23.4. The lowest BCUT2D eigenvalue weighted by atomic mass is 10.2. The van der Waals surface area contributed by atoms with E-state index >= 15 is 0 Å². The van der Waals surface area contributed by atoms with Crippen molar-refractivity contribution < 1.29 is 22.6 Å². The first-order chi connectivity index (χ1) is 19.1. The maximum Gasteiger partial charge on any atom is 0.243 e. The van der Waals surface area contributed by atoms with Crippen molar-refractivity contribution in [1.29, 1.82) is 0 Å². The third-order valence-corrected chi connectivity index (χ3v) is 7.86. The Bertz CT molecular complexity index is 1550. The van der Waals surface area contributed by atoms with Crippen LogP contribution in [0.4, 0.5) is 11.8 Å². The number of ether oxygens (including phenoxy) is 3. The number of methoxy groups -OCH3 is 3. The highest BCUT2D eigenvalue weighted by atomic mass is 32.2. The van der Waals surface area contributed by atoms with Crippen LogP contribution in [0, 0.1) is 6.92 Å². The fourth-order valence-electron chi connectivity index (χ4n) is 4.02. The molecule has 3 aromatic heterocycles. The van der Waals surface area contributed by atoms with Gasteiger partial charge < -0.3 is 19.1 Å². The summed E-state index contributed by atoms with van der Waals surface area (Å²) in [5.74, 6) is 1.89. The third-order valence-electron chi connectivity index (χ3n) is 6.17. The number of anilines is 2. The van der Waals surface area contributed by atoms with Crippen LogP contribution in [0.25, 0.3) is 17.2 Å². The Kier molecular flexibility index (Phi) is 8.49. The molecule has 0 aliphatic carbocycles. The van der Waals surface area contributed by atoms with Gasteiger partial charge in [0.15, 0.2) is 11.6 Å². The van der Waals surface area contributed by atoms with Gasteiger partial charge in [0.05, 0.1) is 14.2 Å². The molecule has 1 N–H and O–H groups in total. The van der Waals surface area contributed by atoms with Crippen LogP contribution >= 0.6 is 0 Å². The van der Waals surface area contributed by atoms with E-state index in [0.717, 1.165) is 5.56 Å². The fraction of sp³-hybridized carbons (Fsp3) is 0.346. The second-order valence-corrected chi connectivity index (χ2v) is 11.1. The average molecular weight is 569 g/mol. The Hall–Kier alpha value is -4.30. The summed E-state index contributed by atoms with van der Waals surface area (Å²) in [4.78, 5) is 15.0. The summed E-state index contributed by atoms with van der Waals surface area (Å²) >= 11 is 0. The molecule has 4 aromatic rings. The second kappa shape index (κ2) is 11.8. The van der Waals surface area contributed by atoms with Crippen molar-refractivity contribution in [2.75, 3.05) is 45.0 Å². The lowest BCUT2D eigenvalue weighted by Gasteiger charge is -2.23. The maximum absolute atomic E-state index is 13.7. The number of para-hydroxylation sites is 1. The van der Waals surface area contributed by atoms with E-state index in [9.17, 15) is 8.42 Å². The van der Waals surface area contributed by atoms with Gasteiger partial charge in [-0.05, 0) is 43.7 Å². The van der Waals surface area contributed by atoms with Crippen LogP contribution in [0.2, 0.25) is 0 Å². The molecule has 2 unspecified atom stereocenters. The minimum Gasteiger partial charge on any atom is -0.494 e. The Balaban J connectivity index is 1.86. The molecule has 0 amide bonds. The van der Waals surface area contributed by atoms with Gasteiger partial charge in [-0.25, -0.2) is 23.4 Å². The van der Waals surface area contributed by atoms with E-state index in [-0.39, 0.29) is 17.6 Å². The van der Waals surface area contributed by atoms with Gasteiger partial charge in [-0.2, -0.15) is 0 Å². The van der Waals surface area contributed by atoms with Gasteiger partial charge in [-0.15, -0.1) is 10.2 Å². The summed E-state index contributed by atoms with van der Waals surface area (Å²) in [5, 5.41) is 7.44. The molecule has 0 spiro atoms. The number of nitrogens with one attached hydrogen (secondary N) is 1. The van der Waals surface area contributed by atoms with Crippen LogP contribution < -0.4 is 19.1 Å². The SMILES string of the molecule is COc1cccc(OC)c1-n1c(NS(=O)(=O)C(C)C(OC)c2ncc(C)cn2)nnc1-c1cccc(N(C)C)n1. The van der Waals surface area contributed by atoms with E-state index in [4.69, 9.17) is 14.2 Å². The molecule has 1 aromatic carbocycles. The summed E-state index contributed by atoms with van der Waals surface area (Å²) in [5.41, 5.74) is 1.68. The van der Waals surface area contributed by atoms with Crippen LogP contribution in [-0.2, 0) is 14.8 Å². The molecular weight excluding hydrogens is 536 g/mol. The summed E-state index contributed by atoms with van der Waals surface area (Å²) in [6.45, 7) is 3.35. The first-order valence-electron chi connectivity index (χ1n) is 12.3. The number of aromatic nitrogens is 6. The number of pyridine rings is 1. The number of benzene rings is 1. The fourth-order valence-corrected chi connectivity index (χ4v) is 5.15. The van der Waals surface area contributed by atoms with Crippen LogP contribution in [0.5, 0.6) is 11.5 Å². The zero-order chi connectivity index (χ0) is 29.0. The number of aryl methyl sites for hydroxylation is 1. The molecule has 212 valence electrons. The maximum atomic E-state index is 13.7. The largest absolute Gasteiger partial charge is 0.494 e. The van der Waals surface area contributed by atoms with Crippen molar-refractivity contribution in [2.24, 2.45) is 0 Å². The Morgan fingerprint density at radius 3 is 2.15 bits per heavy atom. The third kappa shape index (κ3) is 5.67. The Labute approximate surface area is 233 Å². The number of hydrogen-bond acceptors (Lipinski definition) is 11. The molecular formula is C26H32N8O5S. The van der Waals surface area contributed by atoms with Crippen molar-refractivity contribution in [3.05, 3.63) is 60.2 Å². The van der Waals surface area contributed by atoms with Gasteiger partial charge in [0.1, 0.15) is 40.1 Å². The van der Waals surface area contributed by atoms with Crippen LogP contribution in [0.1, 0.15) is 24.4 Å². The van der Waals surface area contributed by atoms with E-state index in [0.29, 0.717) is 28.7 Å². The molecule has 0 saturated heterocycles. The molecule has 2 atom stereocenters. The molecule has 0 aliphatic heterocycles. The molecule has 0 saturated carbocycles. The first-order valence-corrected chi connectivity index (χ1v) is 13.8. The van der Waals surface area contributed by atoms with Crippen molar-refractivity contribution in [2.45, 2.75) is 25.2 Å². The standard InChI is InChI=1S/C26H32N8O5S/c1-16-14-27-24(28-15-16)23(39-7)17(2)40(35,36)32-26-31-30-25(18-10-8-13-21(29-18)33(3)4)34(26)22-19(37-5)11-9-12-20(22)38-6/h8-15,17,23H,1-7H3,(H,31,32). The predicted molar refractivity (Wildman–Crippen MR) is 151 cm³/mol. The van der Waals surface area contributed by atoms with E-state index < -0.39 is 21.4 Å². The van der Waals surface area contributed by atoms with Gasteiger partial charge >= 0.3 is 0 Å². The van der Waals surface area contributed by atoms with Crippen LogP contribution in [0.15, 0.2) is 48.8 Å². The van der Waals surface area contributed by atoms with Crippen molar-refractivity contribution in [1.82, 2.24) is 29.7 Å². The van der Waals surface area contributed by atoms with Gasteiger partial charge in [-0.1, -0.05) is 12.1 Å². The summed E-state index contributed by atoms with van der Waals surface area (Å²) < 4.78 is 48.3. The highest BCUT2D eigenvalue weighted by Gasteiger charge is 2.35. The molecule has 3 heterocycles. The normalized spacial score (nSPS) is 13.0. The van der Waals surface area contributed by atoms with E-state index in [1.165, 1.54) is 32.8 Å². The molecule has 13 nitrogen and oxygen atoms in total. The molecule has 0 fully saturated rings. The highest BCUT2D eigenvalue weighted by Crippen LogP contribution is 2.38. The Morgan fingerprint density at radius 1 is 0.950 bits per heavy atom. The number of nitrogens with zero attached hydrogens (tertiary/aromatic N) is 7.